The van der Waals surface area contributed by atoms with Gasteiger partial charge in [-0.25, -0.2) is 4.99 Å². The Bertz CT molecular complexity index is 774. The summed E-state index contributed by atoms with van der Waals surface area (Å²) in [5.41, 5.74) is 8.33. The summed E-state index contributed by atoms with van der Waals surface area (Å²) in [6.07, 6.45) is -0.436. The van der Waals surface area contributed by atoms with Crippen LogP contribution in [0.2, 0.25) is 0 Å². The second-order valence-corrected chi connectivity index (χ2v) is 7.78. The molecule has 4 N–H and O–H groups in total. The van der Waals surface area contributed by atoms with Gasteiger partial charge < -0.3 is 35.6 Å². The van der Waals surface area contributed by atoms with Crippen molar-refractivity contribution in [3.05, 3.63) is 41.3 Å². The zero-order valence-corrected chi connectivity index (χ0v) is 17.9. The molecule has 0 aliphatic carbocycles. The van der Waals surface area contributed by atoms with Gasteiger partial charge in [-0.15, -0.1) is 0 Å². The van der Waals surface area contributed by atoms with E-state index >= 15 is 0 Å². The summed E-state index contributed by atoms with van der Waals surface area (Å²) in [4.78, 5) is 11.2. The minimum atomic E-state index is -0.436. The monoisotopic (exact) mass is 415 g/mol. The Kier molecular flexibility index (Phi) is 6.61. The Morgan fingerprint density at radius 1 is 1.20 bits per heavy atom. The number of likely N-dealkylation sites (N-methyl/N-ethyl adjacent to an activating group) is 1. The topological polar surface area (TPSA) is 90.6 Å². The minimum Gasteiger partial charge on any atom is -0.492 e. The third-order valence-electron chi connectivity index (χ3n) is 5.57. The van der Waals surface area contributed by atoms with Gasteiger partial charge in [0.05, 0.1) is 6.67 Å². The fraction of sp³-hybridized carbons (Fsp3) is 0.571. The number of benzene rings is 1. The van der Waals surface area contributed by atoms with E-state index in [0.717, 1.165) is 63.2 Å². The molecule has 1 atom stereocenters. The number of rotatable bonds is 8. The molecule has 1 aromatic carbocycles. The number of ether oxygens (including phenoxy) is 2. The molecule has 9 heteroatoms. The van der Waals surface area contributed by atoms with Gasteiger partial charge >= 0.3 is 0 Å². The van der Waals surface area contributed by atoms with Crippen LogP contribution in [0.3, 0.4) is 0 Å². The molecule has 1 unspecified atom stereocenters. The predicted octanol–water partition coefficient (Wildman–Crippen LogP) is 0.125. The summed E-state index contributed by atoms with van der Waals surface area (Å²) < 4.78 is 11.5. The van der Waals surface area contributed by atoms with Crippen LogP contribution < -0.4 is 21.1 Å². The highest BCUT2D eigenvalue weighted by molar-refractivity contribution is 5.98. The van der Waals surface area contributed by atoms with Crippen LogP contribution in [0.5, 0.6) is 5.75 Å². The Hall–Kier alpha value is -2.49. The highest BCUT2D eigenvalue weighted by Gasteiger charge is 2.33. The smallest absolute Gasteiger partial charge is 0.228 e. The fourth-order valence-corrected chi connectivity index (χ4v) is 4.05. The van der Waals surface area contributed by atoms with Gasteiger partial charge in [-0.05, 0) is 24.6 Å². The van der Waals surface area contributed by atoms with Crippen LogP contribution in [0.1, 0.15) is 12.5 Å². The standard InChI is InChI=1S/C21H33N7O2/c1-3-29-21-24-19(22)18-20(25-21)28(15-26(18)2)14-16-4-6-17(7-5-16)30-13-12-27-10-8-23-9-11-27/h4-7,21,23,25H,3,8-15H2,1-2H3,(H2,22,24). The molecule has 0 saturated carbocycles. The van der Waals surface area contributed by atoms with Crippen LogP contribution in [0, 0.1) is 0 Å². The van der Waals surface area contributed by atoms with E-state index in [1.165, 1.54) is 5.56 Å². The van der Waals surface area contributed by atoms with Crippen molar-refractivity contribution in [2.75, 3.05) is 59.7 Å². The van der Waals surface area contributed by atoms with Gasteiger partial charge in [0.1, 0.15) is 23.9 Å². The van der Waals surface area contributed by atoms with E-state index in [2.05, 4.69) is 54.6 Å². The Morgan fingerprint density at radius 2 is 1.97 bits per heavy atom. The van der Waals surface area contributed by atoms with E-state index in [1.54, 1.807) is 0 Å². The van der Waals surface area contributed by atoms with Crippen LogP contribution in [-0.2, 0) is 11.3 Å². The van der Waals surface area contributed by atoms with Crippen molar-refractivity contribution in [2.45, 2.75) is 19.8 Å². The predicted molar refractivity (Wildman–Crippen MR) is 117 cm³/mol. The average molecular weight is 416 g/mol. The molecule has 164 valence electrons. The van der Waals surface area contributed by atoms with Crippen LogP contribution in [0.4, 0.5) is 0 Å². The highest BCUT2D eigenvalue weighted by Crippen LogP contribution is 2.26. The van der Waals surface area contributed by atoms with E-state index in [4.69, 9.17) is 15.2 Å². The Balaban J connectivity index is 1.32. The van der Waals surface area contributed by atoms with Gasteiger partial charge in [0.2, 0.25) is 6.35 Å². The van der Waals surface area contributed by atoms with Crippen LogP contribution >= 0.6 is 0 Å². The third-order valence-corrected chi connectivity index (χ3v) is 5.57. The first kappa shape index (κ1) is 20.8. The van der Waals surface area contributed by atoms with Gasteiger partial charge in [-0.3, -0.25) is 4.90 Å². The van der Waals surface area contributed by atoms with Crippen molar-refractivity contribution in [3.8, 4) is 5.75 Å². The number of hydrogen-bond acceptors (Lipinski definition) is 9. The maximum absolute atomic E-state index is 6.19. The molecule has 0 bridgehead atoms. The molecule has 3 aliphatic rings. The number of nitrogens with zero attached hydrogens (tertiary/aromatic N) is 4. The van der Waals surface area contributed by atoms with E-state index in [-0.39, 0.29) is 0 Å². The summed E-state index contributed by atoms with van der Waals surface area (Å²) in [5.74, 6) is 2.40. The molecule has 3 heterocycles. The van der Waals surface area contributed by atoms with Crippen molar-refractivity contribution in [1.82, 2.24) is 25.3 Å². The van der Waals surface area contributed by atoms with Crippen LogP contribution in [0.25, 0.3) is 0 Å². The molecule has 1 saturated heterocycles. The maximum atomic E-state index is 6.19. The van der Waals surface area contributed by atoms with Gasteiger partial charge in [-0.1, -0.05) is 12.1 Å². The number of hydrogen-bond donors (Lipinski definition) is 3. The molecule has 1 aromatic rings. The summed E-state index contributed by atoms with van der Waals surface area (Å²) in [6.45, 7) is 10.0. The summed E-state index contributed by atoms with van der Waals surface area (Å²) in [5, 5.41) is 6.73. The molecule has 4 rings (SSSR count). The lowest BCUT2D eigenvalue weighted by Crippen LogP contribution is -2.44. The molecule has 3 aliphatic heterocycles. The fourth-order valence-electron chi connectivity index (χ4n) is 4.05. The lowest BCUT2D eigenvalue weighted by atomic mass is 10.2. The average Bonchev–Trinajstić information content (AvgIpc) is 3.06. The van der Waals surface area contributed by atoms with E-state index in [0.29, 0.717) is 19.0 Å². The number of aliphatic imine (C=N–C) groups is 1. The number of nitrogens with two attached hydrogens (primary N) is 1. The van der Waals surface area contributed by atoms with Crippen molar-refractivity contribution >= 4 is 5.84 Å². The maximum Gasteiger partial charge on any atom is 0.228 e. The second-order valence-electron chi connectivity index (χ2n) is 7.78. The van der Waals surface area contributed by atoms with Crippen LogP contribution in [-0.4, -0.2) is 86.5 Å². The molecule has 0 radical (unpaired) electrons. The summed E-state index contributed by atoms with van der Waals surface area (Å²) >= 11 is 0. The zero-order chi connectivity index (χ0) is 20.9. The van der Waals surface area contributed by atoms with E-state index < -0.39 is 6.35 Å². The van der Waals surface area contributed by atoms with E-state index in [1.807, 2.05) is 14.0 Å². The van der Waals surface area contributed by atoms with Gasteiger partial charge in [0, 0.05) is 52.9 Å². The summed E-state index contributed by atoms with van der Waals surface area (Å²) in [7, 11) is 2.02. The Labute approximate surface area is 178 Å². The number of amidine groups is 1. The second kappa shape index (κ2) is 9.55. The number of piperazine rings is 1. The van der Waals surface area contributed by atoms with Crippen molar-refractivity contribution in [3.63, 3.8) is 0 Å². The van der Waals surface area contributed by atoms with Crippen molar-refractivity contribution in [1.29, 1.82) is 0 Å². The molecule has 0 spiro atoms. The molecular weight excluding hydrogens is 382 g/mol. The van der Waals surface area contributed by atoms with Crippen LogP contribution in [0.15, 0.2) is 40.8 Å². The highest BCUT2D eigenvalue weighted by atomic mass is 16.5. The first-order chi connectivity index (χ1) is 14.6. The minimum absolute atomic E-state index is 0.436. The van der Waals surface area contributed by atoms with Crippen molar-refractivity contribution < 1.29 is 9.47 Å². The third kappa shape index (κ3) is 4.80. The molecule has 0 aromatic heterocycles. The Morgan fingerprint density at radius 3 is 2.70 bits per heavy atom. The first-order valence-corrected chi connectivity index (χ1v) is 10.7. The molecule has 9 nitrogen and oxygen atoms in total. The van der Waals surface area contributed by atoms with Gasteiger partial charge in [-0.2, -0.15) is 0 Å². The largest absolute Gasteiger partial charge is 0.492 e. The molecule has 0 amide bonds. The molecule has 30 heavy (non-hydrogen) atoms. The SMILES string of the molecule is CCOC1N=C(N)C2=C(N1)N(Cc1ccc(OCCN3CCNCC3)cc1)CN2C. The number of nitrogens with one attached hydrogen (secondary N) is 2. The van der Waals surface area contributed by atoms with Gasteiger partial charge in [0.25, 0.3) is 0 Å². The normalized spacial score (nSPS) is 22.1. The quantitative estimate of drug-likeness (QED) is 0.552. The van der Waals surface area contributed by atoms with Crippen molar-refractivity contribution in [2.24, 2.45) is 10.7 Å². The van der Waals surface area contributed by atoms with Gasteiger partial charge in [0.15, 0.2) is 5.84 Å². The zero-order valence-electron chi connectivity index (χ0n) is 17.9. The van der Waals surface area contributed by atoms with E-state index in [9.17, 15) is 0 Å². The lowest BCUT2D eigenvalue weighted by molar-refractivity contribution is 0.0441. The lowest BCUT2D eigenvalue weighted by Gasteiger charge is -2.27. The first-order valence-electron chi connectivity index (χ1n) is 10.7. The molecule has 1 fully saturated rings. The summed E-state index contributed by atoms with van der Waals surface area (Å²) in [6, 6.07) is 8.35. The molecular formula is C21H33N7O2.